The molecule has 0 saturated carbocycles. The zero-order chi connectivity index (χ0) is 15.0. The first kappa shape index (κ1) is 16.9. The number of rotatable bonds is 10. The molecule has 0 bridgehead atoms. The highest BCUT2D eigenvalue weighted by Crippen LogP contribution is 2.15. The lowest BCUT2D eigenvalue weighted by Gasteiger charge is -2.03. The summed E-state index contributed by atoms with van der Waals surface area (Å²) in [6.45, 7) is 6.33. The van der Waals surface area contributed by atoms with Gasteiger partial charge < -0.3 is 0 Å². The number of nitrogens with zero attached hydrogens (tertiary/aromatic N) is 2. The maximum Gasteiger partial charge on any atom is 0.133 e. The lowest BCUT2D eigenvalue weighted by molar-refractivity contribution is -0.119. The summed E-state index contributed by atoms with van der Waals surface area (Å²) in [6, 6.07) is 0. The fraction of sp³-hybridized carbons (Fsp3) is 0.765. The largest absolute Gasteiger partial charge is 0.300 e. The van der Waals surface area contributed by atoms with Crippen molar-refractivity contribution in [2.24, 2.45) is 7.05 Å². The van der Waals surface area contributed by atoms with E-state index in [1.54, 1.807) is 0 Å². The van der Waals surface area contributed by atoms with Gasteiger partial charge in [0.1, 0.15) is 5.78 Å². The summed E-state index contributed by atoms with van der Waals surface area (Å²) in [5.41, 5.74) is 3.51. The molecule has 114 valence electrons. The van der Waals surface area contributed by atoms with Crippen LogP contribution in [0.25, 0.3) is 0 Å². The SMILES string of the molecule is CCCCCCCCC(=O)CCc1c(C)nn(C)c1C. The molecule has 0 aliphatic carbocycles. The second-order valence-corrected chi connectivity index (χ2v) is 5.83. The number of carbonyl (C=O) groups excluding carboxylic acids is 1. The third-order valence-electron chi connectivity index (χ3n) is 4.12. The summed E-state index contributed by atoms with van der Waals surface area (Å²) in [5, 5.41) is 4.40. The van der Waals surface area contributed by atoms with Crippen LogP contribution in [0.4, 0.5) is 0 Å². The third-order valence-corrected chi connectivity index (χ3v) is 4.12. The van der Waals surface area contributed by atoms with E-state index in [-0.39, 0.29) is 0 Å². The van der Waals surface area contributed by atoms with Gasteiger partial charge in [-0.2, -0.15) is 5.10 Å². The number of Topliss-reactive ketones (excluding diaryl/α,β-unsaturated/α-hetero) is 1. The Morgan fingerprint density at radius 3 is 2.30 bits per heavy atom. The van der Waals surface area contributed by atoms with Gasteiger partial charge in [0, 0.05) is 25.6 Å². The molecule has 0 N–H and O–H groups in total. The lowest BCUT2D eigenvalue weighted by atomic mass is 10.0. The highest BCUT2D eigenvalue weighted by atomic mass is 16.1. The van der Waals surface area contributed by atoms with Gasteiger partial charge in [-0.15, -0.1) is 0 Å². The molecule has 0 saturated heterocycles. The van der Waals surface area contributed by atoms with E-state index in [1.807, 2.05) is 18.7 Å². The van der Waals surface area contributed by atoms with Gasteiger partial charge in [-0.05, 0) is 32.3 Å². The second kappa shape index (κ2) is 8.93. The summed E-state index contributed by atoms with van der Waals surface area (Å²) < 4.78 is 1.91. The zero-order valence-corrected chi connectivity index (χ0v) is 13.7. The predicted molar refractivity (Wildman–Crippen MR) is 84.0 cm³/mol. The van der Waals surface area contributed by atoms with E-state index >= 15 is 0 Å². The van der Waals surface area contributed by atoms with Gasteiger partial charge in [-0.1, -0.05) is 39.0 Å². The zero-order valence-electron chi connectivity index (χ0n) is 13.7. The van der Waals surface area contributed by atoms with Crippen molar-refractivity contribution in [2.45, 2.75) is 78.6 Å². The fourth-order valence-electron chi connectivity index (χ4n) is 2.67. The molecule has 1 rings (SSSR count). The number of aryl methyl sites for hydroxylation is 2. The van der Waals surface area contributed by atoms with Gasteiger partial charge in [0.05, 0.1) is 5.69 Å². The van der Waals surface area contributed by atoms with Crippen LogP contribution in [0, 0.1) is 13.8 Å². The maximum absolute atomic E-state index is 11.9. The molecule has 0 amide bonds. The lowest BCUT2D eigenvalue weighted by Crippen LogP contribution is -2.02. The van der Waals surface area contributed by atoms with Crippen molar-refractivity contribution in [1.82, 2.24) is 9.78 Å². The topological polar surface area (TPSA) is 34.9 Å². The fourth-order valence-corrected chi connectivity index (χ4v) is 2.67. The van der Waals surface area contributed by atoms with Crippen LogP contribution in [0.3, 0.4) is 0 Å². The van der Waals surface area contributed by atoms with Crippen molar-refractivity contribution in [3.05, 3.63) is 17.0 Å². The first-order valence-corrected chi connectivity index (χ1v) is 8.07. The minimum atomic E-state index is 0.406. The molecule has 3 heteroatoms. The summed E-state index contributed by atoms with van der Waals surface area (Å²) in [5.74, 6) is 0.406. The van der Waals surface area contributed by atoms with Crippen molar-refractivity contribution in [3.8, 4) is 0 Å². The van der Waals surface area contributed by atoms with Gasteiger partial charge in [-0.25, -0.2) is 0 Å². The van der Waals surface area contributed by atoms with Crippen LogP contribution in [0.2, 0.25) is 0 Å². The Morgan fingerprint density at radius 2 is 1.70 bits per heavy atom. The first-order valence-electron chi connectivity index (χ1n) is 8.07. The normalized spacial score (nSPS) is 11.0. The van der Waals surface area contributed by atoms with Crippen LogP contribution in [0.15, 0.2) is 0 Å². The third kappa shape index (κ3) is 5.48. The van der Waals surface area contributed by atoms with Gasteiger partial charge in [0.15, 0.2) is 0 Å². The Bertz CT molecular complexity index is 421. The van der Waals surface area contributed by atoms with E-state index in [1.165, 1.54) is 43.4 Å². The van der Waals surface area contributed by atoms with Crippen LogP contribution < -0.4 is 0 Å². The van der Waals surface area contributed by atoms with Crippen LogP contribution in [-0.2, 0) is 18.3 Å². The number of carbonyl (C=O) groups is 1. The van der Waals surface area contributed by atoms with Gasteiger partial charge in [-0.3, -0.25) is 9.48 Å². The molecule has 0 atom stereocenters. The van der Waals surface area contributed by atoms with Crippen molar-refractivity contribution < 1.29 is 4.79 Å². The summed E-state index contributed by atoms with van der Waals surface area (Å²) in [4.78, 5) is 11.9. The molecule has 1 aromatic rings. The molecular formula is C17H30N2O. The minimum Gasteiger partial charge on any atom is -0.300 e. The number of unbranched alkanes of at least 4 members (excludes halogenated alkanes) is 5. The van der Waals surface area contributed by atoms with Gasteiger partial charge in [0.2, 0.25) is 0 Å². The van der Waals surface area contributed by atoms with Crippen LogP contribution in [-0.4, -0.2) is 15.6 Å². The highest BCUT2D eigenvalue weighted by molar-refractivity contribution is 5.78. The molecule has 0 fully saturated rings. The quantitative estimate of drug-likeness (QED) is 0.598. The van der Waals surface area contributed by atoms with E-state index < -0.39 is 0 Å². The number of hydrogen-bond donors (Lipinski definition) is 0. The Kier molecular flexibility index (Phi) is 7.56. The number of aromatic nitrogens is 2. The summed E-state index contributed by atoms with van der Waals surface area (Å²) >= 11 is 0. The summed E-state index contributed by atoms with van der Waals surface area (Å²) in [7, 11) is 1.96. The minimum absolute atomic E-state index is 0.406. The first-order chi connectivity index (χ1) is 9.56. The molecule has 0 aliphatic rings. The molecular weight excluding hydrogens is 248 g/mol. The average molecular weight is 278 g/mol. The van der Waals surface area contributed by atoms with E-state index in [4.69, 9.17) is 0 Å². The predicted octanol–water partition coefficient (Wildman–Crippen LogP) is 4.29. The summed E-state index contributed by atoms with van der Waals surface area (Å²) in [6.07, 6.45) is 9.74. The van der Waals surface area contributed by atoms with E-state index in [0.717, 1.165) is 25.0 Å². The van der Waals surface area contributed by atoms with E-state index in [2.05, 4.69) is 18.9 Å². The maximum atomic E-state index is 11.9. The average Bonchev–Trinajstić information content (AvgIpc) is 2.65. The number of ketones is 1. The Morgan fingerprint density at radius 1 is 1.05 bits per heavy atom. The molecule has 1 aromatic heterocycles. The smallest absolute Gasteiger partial charge is 0.133 e. The molecule has 0 aromatic carbocycles. The Hall–Kier alpha value is -1.12. The molecule has 3 nitrogen and oxygen atoms in total. The molecule has 0 radical (unpaired) electrons. The van der Waals surface area contributed by atoms with Gasteiger partial charge >= 0.3 is 0 Å². The molecule has 0 spiro atoms. The number of hydrogen-bond acceptors (Lipinski definition) is 2. The van der Waals surface area contributed by atoms with Crippen molar-refractivity contribution in [2.75, 3.05) is 0 Å². The molecule has 20 heavy (non-hydrogen) atoms. The van der Waals surface area contributed by atoms with Crippen LogP contribution in [0.1, 0.15) is 75.2 Å². The van der Waals surface area contributed by atoms with Gasteiger partial charge in [0.25, 0.3) is 0 Å². The van der Waals surface area contributed by atoms with E-state index in [9.17, 15) is 4.79 Å². The van der Waals surface area contributed by atoms with E-state index in [0.29, 0.717) is 12.2 Å². The Labute approximate surface area is 123 Å². The Balaban J connectivity index is 2.20. The standard InChI is InChI=1S/C17H30N2O/c1-5-6-7-8-9-10-11-16(20)12-13-17-14(2)18-19(4)15(17)3/h5-13H2,1-4H3. The highest BCUT2D eigenvalue weighted by Gasteiger charge is 2.11. The van der Waals surface area contributed by atoms with Crippen molar-refractivity contribution in [1.29, 1.82) is 0 Å². The van der Waals surface area contributed by atoms with Crippen molar-refractivity contribution >= 4 is 5.78 Å². The molecule has 0 unspecified atom stereocenters. The molecule has 1 heterocycles. The van der Waals surface area contributed by atoms with Crippen LogP contribution in [0.5, 0.6) is 0 Å². The second-order valence-electron chi connectivity index (χ2n) is 5.83. The molecule has 0 aliphatic heterocycles. The van der Waals surface area contributed by atoms with Crippen molar-refractivity contribution in [3.63, 3.8) is 0 Å². The van der Waals surface area contributed by atoms with Crippen LogP contribution >= 0.6 is 0 Å². The monoisotopic (exact) mass is 278 g/mol.